The molecule has 1 N–H and O–H groups in total. The Bertz CT molecular complexity index is 569. The molecule has 1 heterocycles. The third-order valence-electron chi connectivity index (χ3n) is 2.71. The quantitative estimate of drug-likeness (QED) is 0.947. The minimum Gasteiger partial charge on any atom is -0.348 e. The van der Waals surface area contributed by atoms with Gasteiger partial charge in [-0.25, -0.2) is 0 Å². The molecule has 1 amide bonds. The lowest BCUT2D eigenvalue weighted by Crippen LogP contribution is -2.23. The maximum Gasteiger partial charge on any atom is 0.252 e. The minimum absolute atomic E-state index is 0.0919. The van der Waals surface area contributed by atoms with Crippen LogP contribution < -0.4 is 5.32 Å². The fourth-order valence-corrected chi connectivity index (χ4v) is 2.06. The van der Waals surface area contributed by atoms with Gasteiger partial charge in [-0.2, -0.15) is 0 Å². The standard InChI is InChI=1S/C14H13BrN2O/c1-10-6-7-16-8-11(10)9-17-14(18)12-4-2-3-5-13(12)15/h2-8H,9H2,1H3,(H,17,18). The second-order valence-electron chi connectivity index (χ2n) is 3.96. The average molecular weight is 305 g/mol. The maximum absolute atomic E-state index is 12.0. The first-order valence-electron chi connectivity index (χ1n) is 5.60. The van der Waals surface area contributed by atoms with Gasteiger partial charge >= 0.3 is 0 Å². The van der Waals surface area contributed by atoms with Crippen LogP contribution in [0.5, 0.6) is 0 Å². The molecule has 1 aromatic heterocycles. The Morgan fingerprint density at radius 3 is 2.83 bits per heavy atom. The molecule has 0 aliphatic rings. The van der Waals surface area contributed by atoms with Crippen LogP contribution in [-0.4, -0.2) is 10.9 Å². The molecular weight excluding hydrogens is 292 g/mol. The molecule has 0 atom stereocenters. The number of aryl methyl sites for hydroxylation is 1. The van der Waals surface area contributed by atoms with Crippen LogP contribution in [-0.2, 0) is 6.54 Å². The number of carbonyl (C=O) groups excluding carboxylic acids is 1. The van der Waals surface area contributed by atoms with E-state index < -0.39 is 0 Å². The predicted octanol–water partition coefficient (Wildman–Crippen LogP) is 3.08. The SMILES string of the molecule is Cc1ccncc1CNC(=O)c1ccccc1Br. The van der Waals surface area contributed by atoms with Gasteiger partial charge in [-0.15, -0.1) is 0 Å². The minimum atomic E-state index is -0.0919. The lowest BCUT2D eigenvalue weighted by Gasteiger charge is -2.08. The highest BCUT2D eigenvalue weighted by Gasteiger charge is 2.09. The van der Waals surface area contributed by atoms with E-state index in [1.54, 1.807) is 18.5 Å². The van der Waals surface area contributed by atoms with Gasteiger partial charge in [0.15, 0.2) is 0 Å². The van der Waals surface area contributed by atoms with Crippen molar-refractivity contribution in [3.05, 3.63) is 63.9 Å². The largest absolute Gasteiger partial charge is 0.348 e. The number of pyridine rings is 1. The Kier molecular flexibility index (Phi) is 4.10. The molecule has 2 aromatic rings. The van der Waals surface area contributed by atoms with E-state index in [4.69, 9.17) is 0 Å². The summed E-state index contributed by atoms with van der Waals surface area (Å²) in [6.45, 7) is 2.49. The van der Waals surface area contributed by atoms with Crippen LogP contribution in [0, 0.1) is 6.92 Å². The van der Waals surface area contributed by atoms with Gasteiger partial charge in [-0.1, -0.05) is 12.1 Å². The van der Waals surface area contributed by atoms with Crippen molar-refractivity contribution in [2.75, 3.05) is 0 Å². The number of nitrogens with zero attached hydrogens (tertiary/aromatic N) is 1. The van der Waals surface area contributed by atoms with Gasteiger partial charge in [0.1, 0.15) is 0 Å². The highest BCUT2D eigenvalue weighted by molar-refractivity contribution is 9.10. The van der Waals surface area contributed by atoms with E-state index in [0.717, 1.165) is 15.6 Å². The molecule has 0 radical (unpaired) electrons. The summed E-state index contributed by atoms with van der Waals surface area (Å²) >= 11 is 3.36. The van der Waals surface area contributed by atoms with Crippen molar-refractivity contribution in [1.29, 1.82) is 0 Å². The van der Waals surface area contributed by atoms with Gasteiger partial charge in [0.25, 0.3) is 5.91 Å². The molecule has 0 spiro atoms. The molecule has 0 saturated heterocycles. The predicted molar refractivity (Wildman–Crippen MR) is 74.3 cm³/mol. The van der Waals surface area contributed by atoms with E-state index in [-0.39, 0.29) is 5.91 Å². The van der Waals surface area contributed by atoms with E-state index in [0.29, 0.717) is 12.1 Å². The summed E-state index contributed by atoms with van der Waals surface area (Å²) in [6.07, 6.45) is 3.52. The molecular formula is C14H13BrN2O. The van der Waals surface area contributed by atoms with Crippen molar-refractivity contribution in [2.24, 2.45) is 0 Å². The summed E-state index contributed by atoms with van der Waals surface area (Å²) in [7, 11) is 0. The van der Waals surface area contributed by atoms with E-state index in [1.165, 1.54) is 0 Å². The van der Waals surface area contributed by atoms with Crippen LogP contribution in [0.1, 0.15) is 21.5 Å². The summed E-state index contributed by atoms with van der Waals surface area (Å²) in [4.78, 5) is 16.0. The number of amides is 1. The number of halogens is 1. The molecule has 0 unspecified atom stereocenters. The zero-order valence-corrected chi connectivity index (χ0v) is 11.6. The number of rotatable bonds is 3. The van der Waals surface area contributed by atoms with Gasteiger partial charge in [0.2, 0.25) is 0 Å². The zero-order chi connectivity index (χ0) is 13.0. The Morgan fingerprint density at radius 1 is 1.33 bits per heavy atom. The molecule has 1 aromatic carbocycles. The zero-order valence-electron chi connectivity index (χ0n) is 9.98. The fraction of sp³-hybridized carbons (Fsp3) is 0.143. The fourth-order valence-electron chi connectivity index (χ4n) is 1.60. The number of nitrogens with one attached hydrogen (secondary N) is 1. The molecule has 2 rings (SSSR count). The molecule has 0 fully saturated rings. The monoisotopic (exact) mass is 304 g/mol. The van der Waals surface area contributed by atoms with Crippen molar-refractivity contribution in [1.82, 2.24) is 10.3 Å². The lowest BCUT2D eigenvalue weighted by molar-refractivity contribution is 0.0950. The molecule has 3 nitrogen and oxygen atoms in total. The van der Waals surface area contributed by atoms with Crippen LogP contribution in [0.2, 0.25) is 0 Å². The molecule has 0 aliphatic carbocycles. The second kappa shape index (κ2) is 5.78. The first kappa shape index (κ1) is 12.8. The van der Waals surface area contributed by atoms with Crippen LogP contribution in [0.4, 0.5) is 0 Å². The third-order valence-corrected chi connectivity index (χ3v) is 3.40. The Morgan fingerprint density at radius 2 is 2.11 bits per heavy atom. The van der Waals surface area contributed by atoms with Crippen molar-refractivity contribution in [3.8, 4) is 0 Å². The Hall–Kier alpha value is -1.68. The number of carbonyl (C=O) groups is 1. The van der Waals surface area contributed by atoms with Gasteiger partial charge < -0.3 is 5.32 Å². The van der Waals surface area contributed by atoms with Crippen molar-refractivity contribution in [3.63, 3.8) is 0 Å². The molecule has 0 bridgehead atoms. The van der Waals surface area contributed by atoms with Crippen molar-refractivity contribution < 1.29 is 4.79 Å². The van der Waals surface area contributed by atoms with E-state index in [1.807, 2.05) is 31.2 Å². The Labute approximate surface area is 114 Å². The summed E-state index contributed by atoms with van der Waals surface area (Å²) < 4.78 is 0.797. The summed E-state index contributed by atoms with van der Waals surface area (Å²) in [5, 5.41) is 2.89. The summed E-state index contributed by atoms with van der Waals surface area (Å²) in [5.74, 6) is -0.0919. The van der Waals surface area contributed by atoms with Crippen LogP contribution in [0.3, 0.4) is 0 Å². The third kappa shape index (κ3) is 2.96. The van der Waals surface area contributed by atoms with E-state index in [2.05, 4.69) is 26.2 Å². The van der Waals surface area contributed by atoms with Crippen LogP contribution in [0.15, 0.2) is 47.2 Å². The number of benzene rings is 1. The molecule has 18 heavy (non-hydrogen) atoms. The highest BCUT2D eigenvalue weighted by atomic mass is 79.9. The van der Waals surface area contributed by atoms with Gasteiger partial charge in [0.05, 0.1) is 5.56 Å². The lowest BCUT2D eigenvalue weighted by atomic mass is 10.1. The molecule has 0 saturated carbocycles. The van der Waals surface area contributed by atoms with Crippen molar-refractivity contribution >= 4 is 21.8 Å². The van der Waals surface area contributed by atoms with E-state index in [9.17, 15) is 4.79 Å². The van der Waals surface area contributed by atoms with Crippen LogP contribution >= 0.6 is 15.9 Å². The first-order valence-corrected chi connectivity index (χ1v) is 6.40. The van der Waals surface area contributed by atoms with Gasteiger partial charge in [-0.05, 0) is 52.2 Å². The maximum atomic E-state index is 12.0. The van der Waals surface area contributed by atoms with E-state index >= 15 is 0 Å². The summed E-state index contributed by atoms with van der Waals surface area (Å²) in [6, 6.07) is 9.29. The normalized spacial score (nSPS) is 10.1. The smallest absolute Gasteiger partial charge is 0.252 e. The van der Waals surface area contributed by atoms with Crippen molar-refractivity contribution in [2.45, 2.75) is 13.5 Å². The first-order chi connectivity index (χ1) is 8.68. The highest BCUT2D eigenvalue weighted by Crippen LogP contribution is 2.15. The molecule has 4 heteroatoms. The molecule has 92 valence electrons. The Balaban J connectivity index is 2.06. The number of hydrogen-bond acceptors (Lipinski definition) is 2. The average Bonchev–Trinajstić information content (AvgIpc) is 2.38. The summed E-state index contributed by atoms with van der Waals surface area (Å²) in [5.41, 5.74) is 2.79. The molecule has 0 aliphatic heterocycles. The number of aromatic nitrogens is 1. The topological polar surface area (TPSA) is 42.0 Å². The second-order valence-corrected chi connectivity index (χ2v) is 4.82. The number of hydrogen-bond donors (Lipinski definition) is 1. The van der Waals surface area contributed by atoms with Gasteiger partial charge in [-0.3, -0.25) is 9.78 Å². The van der Waals surface area contributed by atoms with Crippen LogP contribution in [0.25, 0.3) is 0 Å². The van der Waals surface area contributed by atoms with Gasteiger partial charge in [0, 0.05) is 23.4 Å².